The summed E-state index contributed by atoms with van der Waals surface area (Å²) < 4.78 is 5.13. The minimum absolute atomic E-state index is 0.0295. The number of carbonyl (C=O) groups excluding carboxylic acids is 3. The molecule has 0 radical (unpaired) electrons. The van der Waals surface area contributed by atoms with Gasteiger partial charge in [-0.25, -0.2) is 4.79 Å². The molecule has 0 saturated heterocycles. The molecule has 3 N–H and O–H groups in total. The van der Waals surface area contributed by atoms with Gasteiger partial charge in [0.15, 0.2) is 11.9 Å². The Morgan fingerprint density at radius 3 is 2.52 bits per heavy atom. The van der Waals surface area contributed by atoms with E-state index in [1.54, 1.807) is 18.2 Å². The summed E-state index contributed by atoms with van der Waals surface area (Å²) in [6.07, 6.45) is -1.09. The molecule has 0 unspecified atom stereocenters. The second-order valence-electron chi connectivity index (χ2n) is 6.71. The van der Waals surface area contributed by atoms with Crippen LogP contribution >= 0.6 is 11.3 Å². The van der Waals surface area contributed by atoms with E-state index in [-0.39, 0.29) is 24.3 Å². The molecule has 1 atom stereocenters. The molecule has 9 heteroatoms. The van der Waals surface area contributed by atoms with E-state index < -0.39 is 18.0 Å². The van der Waals surface area contributed by atoms with Gasteiger partial charge in [0.1, 0.15) is 0 Å². The molecular formula is C20H21N3O5S. The number of thiophene rings is 1. The lowest BCUT2D eigenvalue weighted by Gasteiger charge is -2.13. The Bertz CT molecular complexity index is 1140. The molecule has 3 aromatic rings. The van der Waals surface area contributed by atoms with Crippen LogP contribution in [0, 0.1) is 13.8 Å². The normalized spacial score (nSPS) is 12.0. The topological polar surface area (TPSA) is 121 Å². The Morgan fingerprint density at radius 1 is 1.10 bits per heavy atom. The van der Waals surface area contributed by atoms with Crippen LogP contribution in [-0.2, 0) is 14.3 Å². The van der Waals surface area contributed by atoms with Crippen molar-refractivity contribution in [2.45, 2.75) is 39.7 Å². The number of nitrogens with one attached hydrogen (secondary N) is 3. The summed E-state index contributed by atoms with van der Waals surface area (Å²) >= 11 is 1.54. The molecule has 2 aromatic heterocycles. The van der Waals surface area contributed by atoms with Gasteiger partial charge in [0, 0.05) is 27.4 Å². The number of ether oxygens (including phenoxy) is 1. The molecule has 0 spiro atoms. The zero-order valence-corrected chi connectivity index (χ0v) is 17.1. The van der Waals surface area contributed by atoms with Crippen molar-refractivity contribution in [1.82, 2.24) is 9.97 Å². The lowest BCUT2D eigenvalue weighted by molar-refractivity contribution is -0.153. The second kappa shape index (κ2) is 8.44. The van der Waals surface area contributed by atoms with E-state index in [0.29, 0.717) is 22.3 Å². The second-order valence-corrected chi connectivity index (χ2v) is 8.17. The lowest BCUT2D eigenvalue weighted by Crippen LogP contribution is -2.30. The summed E-state index contributed by atoms with van der Waals surface area (Å²) in [6, 6.07) is 6.70. The first-order valence-corrected chi connectivity index (χ1v) is 9.87. The number of carbonyl (C=O) groups is 3. The van der Waals surface area contributed by atoms with Gasteiger partial charge in [-0.05, 0) is 45.0 Å². The Morgan fingerprint density at radius 2 is 1.83 bits per heavy atom. The number of anilines is 1. The van der Waals surface area contributed by atoms with Gasteiger partial charge in [-0.2, -0.15) is 0 Å². The zero-order chi connectivity index (χ0) is 21.1. The number of aromatic amines is 2. The quantitative estimate of drug-likeness (QED) is 0.404. The number of rotatable bonds is 7. The van der Waals surface area contributed by atoms with Gasteiger partial charge in [-0.3, -0.25) is 14.4 Å². The predicted octanol–water partition coefficient (Wildman–Crippen LogP) is 3.07. The van der Waals surface area contributed by atoms with Crippen molar-refractivity contribution in [3.05, 3.63) is 50.1 Å². The molecule has 0 saturated carbocycles. The Kier molecular flexibility index (Phi) is 5.97. The maximum absolute atomic E-state index is 12.3. The molecule has 1 amide bonds. The summed E-state index contributed by atoms with van der Waals surface area (Å²) in [4.78, 5) is 55.0. The largest absolute Gasteiger partial charge is 0.453 e. The van der Waals surface area contributed by atoms with E-state index in [0.717, 1.165) is 9.75 Å². The Balaban J connectivity index is 1.51. The van der Waals surface area contributed by atoms with Crippen LogP contribution < -0.4 is 11.0 Å². The summed E-state index contributed by atoms with van der Waals surface area (Å²) in [5.74, 6) is -1.24. The average Bonchev–Trinajstić information content (AvgIpc) is 3.19. The van der Waals surface area contributed by atoms with Crippen molar-refractivity contribution < 1.29 is 19.1 Å². The molecular weight excluding hydrogens is 394 g/mol. The van der Waals surface area contributed by atoms with Gasteiger partial charge in [0.25, 0.3) is 5.91 Å². The first-order valence-electron chi connectivity index (χ1n) is 9.05. The molecule has 8 nitrogen and oxygen atoms in total. The smallest absolute Gasteiger partial charge is 0.323 e. The van der Waals surface area contributed by atoms with E-state index in [1.165, 1.54) is 18.3 Å². The number of aromatic nitrogens is 2. The lowest BCUT2D eigenvalue weighted by atomic mass is 10.1. The third-order valence-electron chi connectivity index (χ3n) is 4.36. The third-order valence-corrected chi connectivity index (χ3v) is 5.32. The van der Waals surface area contributed by atoms with Gasteiger partial charge in [-0.1, -0.05) is 0 Å². The molecule has 0 aliphatic carbocycles. The molecule has 0 bridgehead atoms. The van der Waals surface area contributed by atoms with E-state index in [9.17, 15) is 19.2 Å². The molecule has 0 fully saturated rings. The molecule has 0 aliphatic rings. The van der Waals surface area contributed by atoms with Crippen LogP contribution in [0.1, 0.15) is 39.9 Å². The van der Waals surface area contributed by atoms with Crippen molar-refractivity contribution in [2.24, 2.45) is 0 Å². The fourth-order valence-corrected chi connectivity index (χ4v) is 3.86. The minimum atomic E-state index is -1.02. The monoisotopic (exact) mass is 415 g/mol. The zero-order valence-electron chi connectivity index (χ0n) is 16.3. The van der Waals surface area contributed by atoms with Crippen molar-refractivity contribution in [3.63, 3.8) is 0 Å². The van der Waals surface area contributed by atoms with E-state index in [4.69, 9.17) is 4.74 Å². The van der Waals surface area contributed by atoms with Crippen molar-refractivity contribution >= 4 is 45.7 Å². The van der Waals surface area contributed by atoms with Crippen molar-refractivity contribution in [1.29, 1.82) is 0 Å². The highest BCUT2D eigenvalue weighted by atomic mass is 32.1. The molecule has 152 valence electrons. The number of aryl methyl sites for hydroxylation is 2. The molecule has 3 rings (SSSR count). The van der Waals surface area contributed by atoms with Gasteiger partial charge < -0.3 is 20.0 Å². The van der Waals surface area contributed by atoms with E-state index in [1.807, 2.05) is 19.9 Å². The summed E-state index contributed by atoms with van der Waals surface area (Å²) in [5, 5.41) is 2.63. The third kappa shape index (κ3) is 5.00. The van der Waals surface area contributed by atoms with Crippen molar-refractivity contribution in [3.8, 4) is 0 Å². The van der Waals surface area contributed by atoms with Gasteiger partial charge in [-0.15, -0.1) is 11.3 Å². The van der Waals surface area contributed by atoms with Crippen LogP contribution in [-0.4, -0.2) is 33.7 Å². The first-order chi connectivity index (χ1) is 13.7. The fraction of sp³-hybridized carbons (Fsp3) is 0.300. The van der Waals surface area contributed by atoms with Crippen molar-refractivity contribution in [2.75, 3.05) is 5.32 Å². The SMILES string of the molecule is Cc1cc(C(=O)CCC(=O)O[C@@H](C)C(=O)Nc2ccc3[nH]c(=O)[nH]c3c2)c(C)s1. The number of esters is 1. The number of hydrogen-bond acceptors (Lipinski definition) is 6. The highest BCUT2D eigenvalue weighted by Crippen LogP contribution is 2.22. The first kappa shape index (κ1) is 20.5. The molecule has 2 heterocycles. The maximum Gasteiger partial charge on any atom is 0.323 e. The minimum Gasteiger partial charge on any atom is -0.453 e. The number of amides is 1. The summed E-state index contributed by atoms with van der Waals surface area (Å²) in [5.41, 5.74) is 1.92. The fourth-order valence-electron chi connectivity index (χ4n) is 2.92. The number of ketones is 1. The molecule has 29 heavy (non-hydrogen) atoms. The standard InChI is InChI=1S/C20H21N3O5S/c1-10-8-14(12(3)29-10)17(24)6-7-18(25)28-11(2)19(26)21-13-4-5-15-16(9-13)23-20(27)22-15/h4-5,8-9,11H,6-7H2,1-3H3,(H,21,26)(H2,22,23,27)/t11-/m0/s1. The number of benzene rings is 1. The Hall–Kier alpha value is -3.20. The number of imidazole rings is 1. The predicted molar refractivity (Wildman–Crippen MR) is 110 cm³/mol. The molecule has 0 aliphatic heterocycles. The highest BCUT2D eigenvalue weighted by molar-refractivity contribution is 7.12. The average molecular weight is 415 g/mol. The summed E-state index contributed by atoms with van der Waals surface area (Å²) in [7, 11) is 0. The summed E-state index contributed by atoms with van der Waals surface area (Å²) in [6.45, 7) is 5.25. The van der Waals surface area contributed by atoms with Crippen LogP contribution in [0.15, 0.2) is 29.1 Å². The van der Waals surface area contributed by atoms with E-state index >= 15 is 0 Å². The number of fused-ring (bicyclic) bond motifs is 1. The highest BCUT2D eigenvalue weighted by Gasteiger charge is 2.20. The van der Waals surface area contributed by atoms with E-state index in [2.05, 4.69) is 15.3 Å². The van der Waals surface area contributed by atoms with Crippen LogP contribution in [0.25, 0.3) is 11.0 Å². The van der Waals surface area contributed by atoms with Gasteiger partial charge in [0.05, 0.1) is 17.5 Å². The number of Topliss-reactive ketones (excluding diaryl/α,β-unsaturated/α-hetero) is 1. The van der Waals surface area contributed by atoms with Gasteiger partial charge >= 0.3 is 11.7 Å². The maximum atomic E-state index is 12.3. The van der Waals surface area contributed by atoms with Crippen LogP contribution in [0.2, 0.25) is 0 Å². The number of H-pyrrole nitrogens is 2. The van der Waals surface area contributed by atoms with Crippen LogP contribution in [0.5, 0.6) is 0 Å². The van der Waals surface area contributed by atoms with Gasteiger partial charge in [0.2, 0.25) is 0 Å². The van der Waals surface area contributed by atoms with Crippen LogP contribution in [0.3, 0.4) is 0 Å². The molecule has 1 aromatic carbocycles. The number of hydrogen-bond donors (Lipinski definition) is 3. The Labute approximate surface area is 170 Å². The van der Waals surface area contributed by atoms with Crippen LogP contribution in [0.4, 0.5) is 5.69 Å².